The second-order valence-corrected chi connectivity index (χ2v) is 5.72. The highest BCUT2D eigenvalue weighted by Gasteiger charge is 2.12. The second-order valence-electron chi connectivity index (χ2n) is 5.72. The fraction of sp³-hybridized carbons (Fsp3) is 0.588. The molecule has 1 aromatic rings. The van der Waals surface area contributed by atoms with Gasteiger partial charge in [0.1, 0.15) is 5.75 Å². The molecule has 1 aromatic carbocycles. The Kier molecular flexibility index (Phi) is 7.23. The number of carbonyl (C=O) groups is 1. The van der Waals surface area contributed by atoms with Gasteiger partial charge in [0.15, 0.2) is 0 Å². The maximum absolute atomic E-state index is 12.2. The summed E-state index contributed by atoms with van der Waals surface area (Å²) in [4.78, 5) is 12.2. The van der Waals surface area contributed by atoms with Crippen LogP contribution < -0.4 is 10.1 Å². The van der Waals surface area contributed by atoms with E-state index in [1.54, 1.807) is 13.2 Å². The molecule has 0 heterocycles. The molecule has 0 bridgehead atoms. The van der Waals surface area contributed by atoms with Gasteiger partial charge in [-0.15, -0.1) is 0 Å². The van der Waals surface area contributed by atoms with Crippen molar-refractivity contribution in [1.29, 1.82) is 0 Å². The predicted octanol–water partition coefficient (Wildman–Crippen LogP) is 3.40. The standard InChI is InChI=1S/C17H27NO3/c1-6-13(4)18-17(19)14-7-8-16(20-5)15(9-14)11-21-10-12(2)3/h7-9,12-13H,6,10-11H2,1-5H3,(H,18,19)/t13-/m0/s1. The average Bonchev–Trinajstić information content (AvgIpc) is 2.46. The lowest BCUT2D eigenvalue weighted by Crippen LogP contribution is -2.31. The van der Waals surface area contributed by atoms with Crippen LogP contribution in [0.1, 0.15) is 50.0 Å². The lowest BCUT2D eigenvalue weighted by molar-refractivity contribution is 0.0929. The van der Waals surface area contributed by atoms with Gasteiger partial charge in [0.25, 0.3) is 5.91 Å². The monoisotopic (exact) mass is 293 g/mol. The molecule has 0 aliphatic carbocycles. The summed E-state index contributed by atoms with van der Waals surface area (Å²) in [5, 5.41) is 2.96. The van der Waals surface area contributed by atoms with Crippen LogP contribution in [0, 0.1) is 5.92 Å². The molecule has 21 heavy (non-hydrogen) atoms. The highest BCUT2D eigenvalue weighted by atomic mass is 16.5. The summed E-state index contributed by atoms with van der Waals surface area (Å²) >= 11 is 0. The molecule has 4 nitrogen and oxygen atoms in total. The molecule has 0 saturated carbocycles. The number of rotatable bonds is 8. The van der Waals surface area contributed by atoms with E-state index in [0.29, 0.717) is 24.7 Å². The van der Waals surface area contributed by atoms with Crippen molar-refractivity contribution in [3.63, 3.8) is 0 Å². The summed E-state index contributed by atoms with van der Waals surface area (Å²) in [5.74, 6) is 1.17. The maximum atomic E-state index is 12.2. The summed E-state index contributed by atoms with van der Waals surface area (Å²) in [6.07, 6.45) is 0.909. The van der Waals surface area contributed by atoms with Crippen molar-refractivity contribution < 1.29 is 14.3 Å². The molecule has 4 heteroatoms. The first kappa shape index (κ1) is 17.5. The fourth-order valence-corrected chi connectivity index (χ4v) is 1.85. The number of hydrogen-bond donors (Lipinski definition) is 1. The summed E-state index contributed by atoms with van der Waals surface area (Å²) in [7, 11) is 1.63. The smallest absolute Gasteiger partial charge is 0.251 e. The predicted molar refractivity (Wildman–Crippen MR) is 84.7 cm³/mol. The van der Waals surface area contributed by atoms with E-state index in [4.69, 9.17) is 9.47 Å². The van der Waals surface area contributed by atoms with Crippen LogP contribution >= 0.6 is 0 Å². The van der Waals surface area contributed by atoms with Crippen LogP contribution in [0.25, 0.3) is 0 Å². The van der Waals surface area contributed by atoms with Crippen LogP contribution in [-0.4, -0.2) is 25.7 Å². The Morgan fingerprint density at radius 1 is 1.29 bits per heavy atom. The van der Waals surface area contributed by atoms with Gasteiger partial charge in [0.2, 0.25) is 0 Å². The molecule has 1 amide bonds. The highest BCUT2D eigenvalue weighted by Crippen LogP contribution is 2.21. The molecule has 0 aromatic heterocycles. The van der Waals surface area contributed by atoms with Crippen LogP contribution in [0.4, 0.5) is 0 Å². The number of benzene rings is 1. The van der Waals surface area contributed by atoms with Gasteiger partial charge in [0, 0.05) is 23.8 Å². The zero-order chi connectivity index (χ0) is 15.8. The summed E-state index contributed by atoms with van der Waals surface area (Å²) < 4.78 is 11.0. The third-order valence-electron chi connectivity index (χ3n) is 3.24. The largest absolute Gasteiger partial charge is 0.496 e. The number of carbonyl (C=O) groups excluding carboxylic acids is 1. The Bertz CT molecular complexity index is 457. The van der Waals surface area contributed by atoms with Crippen molar-refractivity contribution in [3.8, 4) is 5.75 Å². The van der Waals surface area contributed by atoms with E-state index in [-0.39, 0.29) is 11.9 Å². The van der Waals surface area contributed by atoms with E-state index in [2.05, 4.69) is 19.2 Å². The lowest BCUT2D eigenvalue weighted by atomic mass is 10.1. The molecule has 0 unspecified atom stereocenters. The SMILES string of the molecule is CC[C@H](C)NC(=O)c1ccc(OC)c(COCC(C)C)c1. The van der Waals surface area contributed by atoms with Gasteiger partial charge in [-0.3, -0.25) is 4.79 Å². The highest BCUT2D eigenvalue weighted by molar-refractivity contribution is 5.94. The summed E-state index contributed by atoms with van der Waals surface area (Å²) in [6.45, 7) is 9.39. The number of methoxy groups -OCH3 is 1. The molecule has 1 N–H and O–H groups in total. The Hall–Kier alpha value is -1.55. The molecule has 1 atom stereocenters. The second kappa shape index (κ2) is 8.67. The molecule has 0 radical (unpaired) electrons. The Labute approximate surface area is 127 Å². The van der Waals surface area contributed by atoms with Gasteiger partial charge in [-0.05, 0) is 37.5 Å². The molecule has 0 aliphatic heterocycles. The van der Waals surface area contributed by atoms with E-state index >= 15 is 0 Å². The van der Waals surface area contributed by atoms with Crippen molar-refractivity contribution in [2.75, 3.05) is 13.7 Å². The quantitative estimate of drug-likeness (QED) is 0.799. The molecule has 1 rings (SSSR count). The van der Waals surface area contributed by atoms with Crippen molar-refractivity contribution in [2.45, 2.75) is 46.8 Å². The number of amides is 1. The minimum absolute atomic E-state index is 0.0582. The van der Waals surface area contributed by atoms with Crippen LogP contribution in [0.2, 0.25) is 0 Å². The Morgan fingerprint density at radius 2 is 2.00 bits per heavy atom. The van der Waals surface area contributed by atoms with E-state index in [1.165, 1.54) is 0 Å². The summed E-state index contributed by atoms with van der Waals surface area (Å²) in [5.41, 5.74) is 1.54. The van der Waals surface area contributed by atoms with Gasteiger partial charge >= 0.3 is 0 Å². The van der Waals surface area contributed by atoms with Crippen LogP contribution in [0.3, 0.4) is 0 Å². The number of hydrogen-bond acceptors (Lipinski definition) is 3. The first-order chi connectivity index (χ1) is 9.97. The van der Waals surface area contributed by atoms with E-state index in [9.17, 15) is 4.79 Å². The van der Waals surface area contributed by atoms with Gasteiger partial charge in [-0.25, -0.2) is 0 Å². The number of ether oxygens (including phenoxy) is 2. The molecule has 0 saturated heterocycles. The first-order valence-electron chi connectivity index (χ1n) is 7.53. The van der Waals surface area contributed by atoms with Crippen LogP contribution in [-0.2, 0) is 11.3 Å². The molecule has 118 valence electrons. The van der Waals surface area contributed by atoms with E-state index in [1.807, 2.05) is 26.0 Å². The zero-order valence-electron chi connectivity index (χ0n) is 13.7. The van der Waals surface area contributed by atoms with E-state index in [0.717, 1.165) is 17.7 Å². The molecular formula is C17H27NO3. The Morgan fingerprint density at radius 3 is 2.57 bits per heavy atom. The average molecular weight is 293 g/mol. The molecule has 0 aliphatic rings. The topological polar surface area (TPSA) is 47.6 Å². The van der Waals surface area contributed by atoms with Gasteiger partial charge < -0.3 is 14.8 Å². The lowest BCUT2D eigenvalue weighted by Gasteiger charge is -2.14. The summed E-state index contributed by atoms with van der Waals surface area (Å²) in [6, 6.07) is 5.61. The van der Waals surface area contributed by atoms with Crippen molar-refractivity contribution in [3.05, 3.63) is 29.3 Å². The normalized spacial score (nSPS) is 12.3. The van der Waals surface area contributed by atoms with E-state index < -0.39 is 0 Å². The number of nitrogens with one attached hydrogen (secondary N) is 1. The minimum Gasteiger partial charge on any atom is -0.496 e. The van der Waals surface area contributed by atoms with Gasteiger partial charge in [-0.2, -0.15) is 0 Å². The molecular weight excluding hydrogens is 266 g/mol. The third-order valence-corrected chi connectivity index (χ3v) is 3.24. The maximum Gasteiger partial charge on any atom is 0.251 e. The molecule has 0 fully saturated rings. The Balaban J connectivity index is 2.81. The van der Waals surface area contributed by atoms with Gasteiger partial charge in [-0.1, -0.05) is 20.8 Å². The third kappa shape index (κ3) is 5.76. The van der Waals surface area contributed by atoms with Crippen molar-refractivity contribution in [2.24, 2.45) is 5.92 Å². The van der Waals surface area contributed by atoms with Crippen molar-refractivity contribution >= 4 is 5.91 Å². The van der Waals surface area contributed by atoms with Crippen molar-refractivity contribution in [1.82, 2.24) is 5.32 Å². The first-order valence-corrected chi connectivity index (χ1v) is 7.53. The van der Waals surface area contributed by atoms with Gasteiger partial charge in [0.05, 0.1) is 13.7 Å². The minimum atomic E-state index is -0.0582. The van der Waals surface area contributed by atoms with Crippen LogP contribution in [0.15, 0.2) is 18.2 Å². The van der Waals surface area contributed by atoms with Crippen LogP contribution in [0.5, 0.6) is 5.75 Å². The fourth-order valence-electron chi connectivity index (χ4n) is 1.85. The zero-order valence-corrected chi connectivity index (χ0v) is 13.7. The molecule has 0 spiro atoms.